The molecule has 2 nitrogen and oxygen atoms in total. The van der Waals surface area contributed by atoms with Crippen molar-refractivity contribution in [2.24, 2.45) is 5.92 Å². The summed E-state index contributed by atoms with van der Waals surface area (Å²) >= 11 is 6.29. The summed E-state index contributed by atoms with van der Waals surface area (Å²) in [7, 11) is 0. The lowest BCUT2D eigenvalue weighted by atomic mass is 10.1. The van der Waals surface area contributed by atoms with Crippen LogP contribution in [-0.4, -0.2) is 13.2 Å². The van der Waals surface area contributed by atoms with Crippen LogP contribution in [-0.2, 0) is 6.54 Å². The number of ether oxygens (including phenoxy) is 1. The van der Waals surface area contributed by atoms with Gasteiger partial charge < -0.3 is 10.1 Å². The summed E-state index contributed by atoms with van der Waals surface area (Å²) in [6.45, 7) is 10.6. The fourth-order valence-electron chi connectivity index (χ4n) is 2.08. The first-order valence-corrected chi connectivity index (χ1v) is 8.24. The maximum Gasteiger partial charge on any atom is 0.125 e. The minimum atomic E-state index is 0.627. The Labute approximate surface area is 134 Å². The number of halogens is 1. The quantitative estimate of drug-likeness (QED) is 0.447. The fourth-order valence-corrected chi connectivity index (χ4v) is 2.31. The zero-order valence-electron chi connectivity index (χ0n) is 13.3. The van der Waals surface area contributed by atoms with Crippen molar-refractivity contribution in [2.45, 2.75) is 46.1 Å². The van der Waals surface area contributed by atoms with Crippen molar-refractivity contribution in [1.82, 2.24) is 5.32 Å². The van der Waals surface area contributed by atoms with E-state index in [0.29, 0.717) is 5.92 Å². The van der Waals surface area contributed by atoms with Crippen LogP contribution in [0, 0.1) is 5.92 Å². The monoisotopic (exact) mass is 309 g/mol. The van der Waals surface area contributed by atoms with Gasteiger partial charge >= 0.3 is 0 Å². The minimum absolute atomic E-state index is 0.627. The van der Waals surface area contributed by atoms with E-state index in [0.717, 1.165) is 48.9 Å². The van der Waals surface area contributed by atoms with E-state index in [2.05, 4.69) is 25.7 Å². The number of nitrogens with one attached hydrogen (secondary N) is 1. The molecule has 0 aromatic heterocycles. The third-order valence-electron chi connectivity index (χ3n) is 3.24. The Balaban J connectivity index is 2.44. The molecule has 1 rings (SSSR count). The molecule has 0 heterocycles. The molecule has 0 aliphatic heterocycles. The molecule has 0 aliphatic rings. The lowest BCUT2D eigenvalue weighted by Crippen LogP contribution is -2.19. The van der Waals surface area contributed by atoms with Crippen LogP contribution in [0.15, 0.2) is 30.9 Å². The van der Waals surface area contributed by atoms with Gasteiger partial charge in [0.15, 0.2) is 0 Å². The van der Waals surface area contributed by atoms with Crippen LogP contribution in [0.4, 0.5) is 0 Å². The first-order valence-electron chi connectivity index (χ1n) is 7.87. The van der Waals surface area contributed by atoms with Gasteiger partial charge in [0.25, 0.3) is 0 Å². The average Bonchev–Trinajstić information content (AvgIpc) is 2.45. The number of hydrogen-bond acceptors (Lipinski definition) is 2. The van der Waals surface area contributed by atoms with Gasteiger partial charge in [-0.15, -0.1) is 6.58 Å². The number of rotatable bonds is 11. The first-order chi connectivity index (χ1) is 10.1. The lowest BCUT2D eigenvalue weighted by molar-refractivity contribution is 0.301. The van der Waals surface area contributed by atoms with E-state index in [1.54, 1.807) is 0 Å². The van der Waals surface area contributed by atoms with Crippen LogP contribution >= 0.6 is 11.6 Å². The summed E-state index contributed by atoms with van der Waals surface area (Å²) in [6.07, 6.45) is 6.48. The highest BCUT2D eigenvalue weighted by Crippen LogP contribution is 2.26. The predicted molar refractivity (Wildman–Crippen MR) is 92.2 cm³/mol. The second kappa shape index (κ2) is 10.7. The predicted octanol–water partition coefficient (Wildman–Crippen LogP) is 5.21. The molecule has 0 fully saturated rings. The second-order valence-corrected chi connectivity index (χ2v) is 6.13. The van der Waals surface area contributed by atoms with Gasteiger partial charge in [-0.25, -0.2) is 0 Å². The Hall–Kier alpha value is -0.990. The molecule has 3 heteroatoms. The summed E-state index contributed by atoms with van der Waals surface area (Å²) < 4.78 is 5.91. The summed E-state index contributed by atoms with van der Waals surface area (Å²) in [4.78, 5) is 0. The molecule has 1 aromatic carbocycles. The molecule has 0 spiro atoms. The van der Waals surface area contributed by atoms with Crippen LogP contribution in [0.25, 0.3) is 0 Å². The molecule has 0 bridgehead atoms. The molecule has 0 saturated heterocycles. The zero-order valence-corrected chi connectivity index (χ0v) is 14.1. The van der Waals surface area contributed by atoms with Crippen molar-refractivity contribution >= 4 is 11.6 Å². The van der Waals surface area contributed by atoms with E-state index in [1.165, 1.54) is 12.8 Å². The van der Waals surface area contributed by atoms with Gasteiger partial charge in [-0.2, -0.15) is 0 Å². The van der Waals surface area contributed by atoms with Crippen LogP contribution < -0.4 is 10.1 Å². The van der Waals surface area contributed by atoms with Crippen molar-refractivity contribution in [3.05, 3.63) is 41.4 Å². The Bertz CT molecular complexity index is 418. The SMILES string of the molecule is C=CCCCCCOc1cccc(Cl)c1CNCC(C)C. The number of benzene rings is 1. The number of hydrogen-bond donors (Lipinski definition) is 1. The van der Waals surface area contributed by atoms with Crippen molar-refractivity contribution in [3.8, 4) is 5.75 Å². The molecule has 118 valence electrons. The maximum absolute atomic E-state index is 6.29. The molecule has 0 atom stereocenters. The van der Waals surface area contributed by atoms with Crippen molar-refractivity contribution < 1.29 is 4.74 Å². The first kappa shape index (κ1) is 18.1. The fraction of sp³-hybridized carbons (Fsp3) is 0.556. The minimum Gasteiger partial charge on any atom is -0.493 e. The highest BCUT2D eigenvalue weighted by atomic mass is 35.5. The summed E-state index contributed by atoms with van der Waals surface area (Å²) in [6, 6.07) is 5.87. The van der Waals surface area contributed by atoms with E-state index in [-0.39, 0.29) is 0 Å². The molecular weight excluding hydrogens is 282 g/mol. The van der Waals surface area contributed by atoms with Gasteiger partial charge in [0.1, 0.15) is 5.75 Å². The van der Waals surface area contributed by atoms with Gasteiger partial charge in [-0.05, 0) is 50.3 Å². The van der Waals surface area contributed by atoms with Gasteiger partial charge in [-0.1, -0.05) is 37.6 Å². The van der Waals surface area contributed by atoms with Crippen molar-refractivity contribution in [2.75, 3.05) is 13.2 Å². The molecule has 0 saturated carbocycles. The van der Waals surface area contributed by atoms with E-state index in [1.807, 2.05) is 24.3 Å². The van der Waals surface area contributed by atoms with Gasteiger partial charge in [0, 0.05) is 17.1 Å². The topological polar surface area (TPSA) is 21.3 Å². The Morgan fingerprint density at radius 3 is 2.81 bits per heavy atom. The molecule has 0 unspecified atom stereocenters. The molecule has 21 heavy (non-hydrogen) atoms. The largest absolute Gasteiger partial charge is 0.493 e. The van der Waals surface area contributed by atoms with Crippen LogP contribution in [0.5, 0.6) is 5.75 Å². The lowest BCUT2D eigenvalue weighted by Gasteiger charge is -2.14. The van der Waals surface area contributed by atoms with Gasteiger partial charge in [0.05, 0.1) is 6.61 Å². The third-order valence-corrected chi connectivity index (χ3v) is 3.59. The molecule has 1 aromatic rings. The number of allylic oxidation sites excluding steroid dienone is 1. The standard InChI is InChI=1S/C18H28ClNO/c1-4-5-6-7-8-12-21-18-11-9-10-17(19)16(18)14-20-13-15(2)3/h4,9-11,15,20H,1,5-8,12-14H2,2-3H3. The summed E-state index contributed by atoms with van der Waals surface area (Å²) in [5, 5.41) is 4.20. The Kier molecular flexibility index (Phi) is 9.20. The molecular formula is C18H28ClNO. The van der Waals surface area contributed by atoms with Crippen LogP contribution in [0.1, 0.15) is 45.1 Å². The van der Waals surface area contributed by atoms with Crippen molar-refractivity contribution in [3.63, 3.8) is 0 Å². The summed E-state index contributed by atoms with van der Waals surface area (Å²) in [5.74, 6) is 1.53. The van der Waals surface area contributed by atoms with E-state index in [4.69, 9.17) is 16.3 Å². The third kappa shape index (κ3) is 7.54. The highest BCUT2D eigenvalue weighted by Gasteiger charge is 2.08. The molecule has 0 aliphatic carbocycles. The van der Waals surface area contributed by atoms with E-state index < -0.39 is 0 Å². The van der Waals surface area contributed by atoms with E-state index in [9.17, 15) is 0 Å². The van der Waals surface area contributed by atoms with Gasteiger partial charge in [-0.3, -0.25) is 0 Å². The molecule has 0 radical (unpaired) electrons. The smallest absolute Gasteiger partial charge is 0.125 e. The molecule has 1 N–H and O–H groups in total. The normalized spacial score (nSPS) is 10.9. The second-order valence-electron chi connectivity index (χ2n) is 5.73. The Morgan fingerprint density at radius 1 is 1.29 bits per heavy atom. The zero-order chi connectivity index (χ0) is 15.5. The molecule has 0 amide bonds. The van der Waals surface area contributed by atoms with Crippen LogP contribution in [0.3, 0.4) is 0 Å². The summed E-state index contributed by atoms with van der Waals surface area (Å²) in [5.41, 5.74) is 1.06. The van der Waals surface area contributed by atoms with Crippen molar-refractivity contribution in [1.29, 1.82) is 0 Å². The van der Waals surface area contributed by atoms with Gasteiger partial charge in [0.2, 0.25) is 0 Å². The van der Waals surface area contributed by atoms with Crippen LogP contribution in [0.2, 0.25) is 5.02 Å². The Morgan fingerprint density at radius 2 is 2.10 bits per heavy atom. The van der Waals surface area contributed by atoms with E-state index >= 15 is 0 Å². The number of unbranched alkanes of at least 4 members (excludes halogenated alkanes) is 3. The maximum atomic E-state index is 6.29. The highest BCUT2D eigenvalue weighted by molar-refractivity contribution is 6.31. The average molecular weight is 310 g/mol.